The van der Waals surface area contributed by atoms with Crippen LogP contribution in [0.2, 0.25) is 0 Å². The van der Waals surface area contributed by atoms with Crippen LogP contribution in [-0.4, -0.2) is 55.2 Å². The number of rotatable bonds is 6. The molecule has 1 aromatic carbocycles. The van der Waals surface area contributed by atoms with Crippen LogP contribution < -0.4 is 4.90 Å². The maximum absolute atomic E-state index is 12.7. The fraction of sp³-hybridized carbons (Fsp3) is 0.333. The average Bonchev–Trinajstić information content (AvgIpc) is 3.15. The highest BCUT2D eigenvalue weighted by atomic mass is 32.1. The Hall–Kier alpha value is -2.02. The van der Waals surface area contributed by atoms with Crippen LogP contribution in [0.15, 0.2) is 47.3 Å². The molecule has 0 N–H and O–H groups in total. The van der Waals surface area contributed by atoms with Gasteiger partial charge in [-0.25, -0.2) is 4.98 Å². The number of anilines is 1. The Labute approximate surface area is 146 Å². The van der Waals surface area contributed by atoms with E-state index in [9.17, 15) is 4.79 Å². The molecule has 1 aliphatic heterocycles. The summed E-state index contributed by atoms with van der Waals surface area (Å²) in [6, 6.07) is 9.80. The molecule has 1 fully saturated rings. The number of carbonyl (C=O) groups is 1. The molecule has 0 atom stereocenters. The van der Waals surface area contributed by atoms with Gasteiger partial charge in [-0.05, 0) is 18.2 Å². The smallest absolute Gasteiger partial charge is 0.251 e. The number of hydrogen-bond acceptors (Lipinski definition) is 5. The van der Waals surface area contributed by atoms with Crippen LogP contribution in [0.1, 0.15) is 5.69 Å². The van der Waals surface area contributed by atoms with E-state index in [1.54, 1.807) is 17.7 Å². The van der Waals surface area contributed by atoms with Crippen molar-refractivity contribution >= 4 is 29.0 Å². The highest BCUT2D eigenvalue weighted by Crippen LogP contribution is 2.15. The van der Waals surface area contributed by atoms with Gasteiger partial charge in [0.05, 0.1) is 24.4 Å². The molecule has 0 spiro atoms. The minimum atomic E-state index is -0.0255. The Kier molecular flexibility index (Phi) is 6.12. The van der Waals surface area contributed by atoms with Crippen LogP contribution in [0.4, 0.5) is 5.69 Å². The number of carbonyl (C=O) groups excluding carboxylic acids is 1. The van der Waals surface area contributed by atoms with E-state index < -0.39 is 0 Å². The van der Waals surface area contributed by atoms with Gasteiger partial charge < -0.3 is 9.64 Å². The Balaban J connectivity index is 1.68. The van der Waals surface area contributed by atoms with E-state index in [0.717, 1.165) is 44.2 Å². The van der Waals surface area contributed by atoms with Crippen molar-refractivity contribution in [3.05, 3.63) is 53.0 Å². The maximum atomic E-state index is 12.7. The molecule has 6 heteroatoms. The van der Waals surface area contributed by atoms with Crippen LogP contribution in [0.25, 0.3) is 6.08 Å². The lowest BCUT2D eigenvalue weighted by molar-refractivity contribution is -0.114. The van der Waals surface area contributed by atoms with Crippen LogP contribution in [0, 0.1) is 0 Å². The molecular weight excluding hydrogens is 322 g/mol. The predicted octanol–water partition coefficient (Wildman–Crippen LogP) is 2.52. The Bertz CT molecular complexity index is 652. The molecule has 5 nitrogen and oxygen atoms in total. The third-order valence-corrected chi connectivity index (χ3v) is 4.53. The van der Waals surface area contributed by atoms with Gasteiger partial charge in [-0.3, -0.25) is 9.69 Å². The summed E-state index contributed by atoms with van der Waals surface area (Å²) >= 11 is 1.52. The molecule has 0 aliphatic carbocycles. The summed E-state index contributed by atoms with van der Waals surface area (Å²) in [5, 5.41) is 1.92. The topological polar surface area (TPSA) is 45.7 Å². The minimum Gasteiger partial charge on any atom is -0.379 e. The maximum Gasteiger partial charge on any atom is 0.251 e. The lowest BCUT2D eigenvalue weighted by Gasteiger charge is -2.29. The molecule has 1 saturated heterocycles. The number of para-hydroxylation sites is 1. The largest absolute Gasteiger partial charge is 0.379 e. The van der Waals surface area contributed by atoms with Crippen molar-refractivity contribution in [2.45, 2.75) is 0 Å². The zero-order chi connectivity index (χ0) is 16.6. The lowest BCUT2D eigenvalue weighted by Crippen LogP contribution is -2.42. The molecular formula is C18H21N3O2S. The third kappa shape index (κ3) is 4.74. The third-order valence-electron chi connectivity index (χ3n) is 3.93. The quantitative estimate of drug-likeness (QED) is 0.756. The normalized spacial score (nSPS) is 15.7. The van der Waals surface area contributed by atoms with E-state index in [2.05, 4.69) is 9.88 Å². The number of amides is 1. The van der Waals surface area contributed by atoms with Gasteiger partial charge in [-0.1, -0.05) is 18.2 Å². The van der Waals surface area contributed by atoms with Crippen molar-refractivity contribution in [3.8, 4) is 0 Å². The van der Waals surface area contributed by atoms with Gasteiger partial charge in [-0.15, -0.1) is 11.3 Å². The van der Waals surface area contributed by atoms with E-state index in [1.165, 1.54) is 11.3 Å². The second-order valence-electron chi connectivity index (χ2n) is 5.53. The van der Waals surface area contributed by atoms with Gasteiger partial charge in [0.25, 0.3) is 5.91 Å². The lowest BCUT2D eigenvalue weighted by atomic mass is 10.2. The second kappa shape index (κ2) is 8.73. The van der Waals surface area contributed by atoms with E-state index in [1.807, 2.05) is 40.6 Å². The Morgan fingerprint density at radius 1 is 1.29 bits per heavy atom. The van der Waals surface area contributed by atoms with E-state index >= 15 is 0 Å². The first-order valence-corrected chi connectivity index (χ1v) is 9.00. The van der Waals surface area contributed by atoms with E-state index in [0.29, 0.717) is 6.54 Å². The van der Waals surface area contributed by atoms with Crippen LogP contribution in [-0.2, 0) is 9.53 Å². The zero-order valence-corrected chi connectivity index (χ0v) is 14.3. The van der Waals surface area contributed by atoms with E-state index in [4.69, 9.17) is 4.74 Å². The highest BCUT2D eigenvalue weighted by Gasteiger charge is 2.16. The summed E-state index contributed by atoms with van der Waals surface area (Å²) in [7, 11) is 0. The number of benzene rings is 1. The molecule has 2 aromatic rings. The van der Waals surface area contributed by atoms with Gasteiger partial charge in [0, 0.05) is 43.3 Å². The van der Waals surface area contributed by atoms with Crippen molar-refractivity contribution < 1.29 is 9.53 Å². The summed E-state index contributed by atoms with van der Waals surface area (Å²) in [5.74, 6) is -0.0255. The minimum absolute atomic E-state index is 0.0255. The van der Waals surface area contributed by atoms with Crippen molar-refractivity contribution in [2.75, 3.05) is 44.3 Å². The molecule has 1 aromatic heterocycles. The van der Waals surface area contributed by atoms with Crippen LogP contribution in [0.5, 0.6) is 0 Å². The average molecular weight is 343 g/mol. The summed E-state index contributed by atoms with van der Waals surface area (Å²) in [6.45, 7) is 4.88. The molecule has 0 radical (unpaired) electrons. The number of morpholine rings is 1. The predicted molar refractivity (Wildman–Crippen MR) is 97.2 cm³/mol. The molecule has 2 heterocycles. The molecule has 1 aliphatic rings. The summed E-state index contributed by atoms with van der Waals surface area (Å²) in [6.07, 6.45) is 3.37. The van der Waals surface area contributed by atoms with Crippen molar-refractivity contribution in [1.82, 2.24) is 9.88 Å². The molecule has 24 heavy (non-hydrogen) atoms. The highest BCUT2D eigenvalue weighted by molar-refractivity contribution is 7.07. The number of thiazole rings is 1. The summed E-state index contributed by atoms with van der Waals surface area (Å²) in [5.41, 5.74) is 3.49. The van der Waals surface area contributed by atoms with Gasteiger partial charge in [0.2, 0.25) is 0 Å². The first-order chi connectivity index (χ1) is 11.8. The van der Waals surface area contributed by atoms with E-state index in [-0.39, 0.29) is 5.91 Å². The Morgan fingerprint density at radius 3 is 2.79 bits per heavy atom. The molecule has 1 amide bonds. The monoisotopic (exact) mass is 343 g/mol. The zero-order valence-electron chi connectivity index (χ0n) is 13.5. The Morgan fingerprint density at radius 2 is 2.08 bits per heavy atom. The van der Waals surface area contributed by atoms with Gasteiger partial charge >= 0.3 is 0 Å². The van der Waals surface area contributed by atoms with Gasteiger partial charge in [0.15, 0.2) is 0 Å². The molecule has 0 unspecified atom stereocenters. The van der Waals surface area contributed by atoms with Crippen molar-refractivity contribution in [3.63, 3.8) is 0 Å². The number of ether oxygens (including phenoxy) is 1. The second-order valence-corrected chi connectivity index (χ2v) is 6.24. The number of hydrogen-bond donors (Lipinski definition) is 0. The molecule has 3 rings (SSSR count). The van der Waals surface area contributed by atoms with Crippen molar-refractivity contribution in [1.29, 1.82) is 0 Å². The molecule has 0 bridgehead atoms. The summed E-state index contributed by atoms with van der Waals surface area (Å²) in [4.78, 5) is 21.0. The standard InChI is InChI=1S/C18H21N3O2S/c22-18(7-6-16-14-24-15-19-16)21(17-4-2-1-3-5-17)9-8-20-10-12-23-13-11-20/h1-7,14-15H,8-13H2. The molecule has 126 valence electrons. The van der Waals surface area contributed by atoms with Crippen LogP contribution >= 0.6 is 11.3 Å². The van der Waals surface area contributed by atoms with Gasteiger partial charge in [-0.2, -0.15) is 0 Å². The fourth-order valence-corrected chi connectivity index (χ4v) is 3.11. The van der Waals surface area contributed by atoms with Crippen molar-refractivity contribution in [2.24, 2.45) is 0 Å². The molecule has 0 saturated carbocycles. The first-order valence-electron chi connectivity index (χ1n) is 8.06. The first kappa shape index (κ1) is 16.8. The summed E-state index contributed by atoms with van der Waals surface area (Å²) < 4.78 is 5.38. The SMILES string of the molecule is O=C(C=Cc1cscn1)N(CCN1CCOCC1)c1ccccc1. The number of aromatic nitrogens is 1. The fourth-order valence-electron chi connectivity index (χ4n) is 2.59. The number of nitrogens with zero attached hydrogens (tertiary/aromatic N) is 3. The van der Waals surface area contributed by atoms with Crippen LogP contribution in [0.3, 0.4) is 0 Å². The van der Waals surface area contributed by atoms with Gasteiger partial charge in [0.1, 0.15) is 0 Å².